The van der Waals surface area contributed by atoms with E-state index in [0.717, 1.165) is 5.52 Å². The van der Waals surface area contributed by atoms with Crippen molar-refractivity contribution in [1.82, 2.24) is 20.3 Å². The van der Waals surface area contributed by atoms with E-state index in [1.54, 1.807) is 42.1 Å². The van der Waals surface area contributed by atoms with Crippen LogP contribution in [0.5, 0.6) is 11.5 Å². The fourth-order valence-corrected chi connectivity index (χ4v) is 4.20. The Balaban J connectivity index is 1.86. The lowest BCUT2D eigenvalue weighted by Gasteiger charge is -2.35. The number of aromatic nitrogens is 3. The third-order valence-corrected chi connectivity index (χ3v) is 6.60. The Hall–Kier alpha value is -4.40. The van der Waals surface area contributed by atoms with Gasteiger partial charge in [0, 0.05) is 22.9 Å². The number of carbonyl (C=O) groups excluding carboxylic acids is 2. The second-order valence-corrected chi connectivity index (χ2v) is 9.57. The summed E-state index contributed by atoms with van der Waals surface area (Å²) < 4.78 is 12.6. The highest BCUT2D eigenvalue weighted by atomic mass is 16.5. The number of hydrogen-bond donors (Lipinski definition) is 1. The van der Waals surface area contributed by atoms with Crippen LogP contribution in [0.1, 0.15) is 38.8 Å². The first kappa shape index (κ1) is 26.7. The van der Waals surface area contributed by atoms with E-state index in [2.05, 4.69) is 15.6 Å². The zero-order chi connectivity index (χ0) is 27.3. The van der Waals surface area contributed by atoms with Crippen LogP contribution in [0.2, 0.25) is 0 Å². The molecule has 1 heterocycles. The highest BCUT2D eigenvalue weighted by Crippen LogP contribution is 2.36. The molecule has 0 aliphatic rings. The van der Waals surface area contributed by atoms with Gasteiger partial charge in [0.05, 0.1) is 19.7 Å². The number of benzene rings is 3. The van der Waals surface area contributed by atoms with E-state index in [0.29, 0.717) is 34.7 Å². The molecule has 0 aliphatic carbocycles. The molecule has 198 valence electrons. The number of nitrogens with one attached hydrogen (secondary N) is 1. The third-order valence-electron chi connectivity index (χ3n) is 6.60. The van der Waals surface area contributed by atoms with Crippen LogP contribution in [0.4, 0.5) is 5.69 Å². The van der Waals surface area contributed by atoms with Crippen molar-refractivity contribution >= 4 is 28.5 Å². The van der Waals surface area contributed by atoms with Crippen molar-refractivity contribution in [3.05, 3.63) is 78.4 Å². The maximum Gasteiger partial charge on any atom is 0.249 e. The molecule has 0 unspecified atom stereocenters. The normalized spacial score (nSPS) is 12.1. The van der Waals surface area contributed by atoms with Gasteiger partial charge in [-0.3, -0.25) is 14.5 Å². The molecular formula is C29H33N5O4. The molecule has 4 rings (SSSR count). The van der Waals surface area contributed by atoms with Crippen LogP contribution in [0.15, 0.2) is 72.8 Å². The lowest BCUT2D eigenvalue weighted by Crippen LogP contribution is -2.51. The highest BCUT2D eigenvalue weighted by Gasteiger charge is 2.37. The molecule has 1 aromatic heterocycles. The van der Waals surface area contributed by atoms with Gasteiger partial charge < -0.3 is 14.8 Å². The van der Waals surface area contributed by atoms with Gasteiger partial charge >= 0.3 is 0 Å². The summed E-state index contributed by atoms with van der Waals surface area (Å²) >= 11 is 0. The Kier molecular flexibility index (Phi) is 7.95. The average Bonchev–Trinajstić information content (AvgIpc) is 3.34. The smallest absolute Gasteiger partial charge is 0.249 e. The van der Waals surface area contributed by atoms with Crippen molar-refractivity contribution in [3.8, 4) is 11.5 Å². The van der Waals surface area contributed by atoms with Crippen molar-refractivity contribution in [3.63, 3.8) is 0 Å². The number of anilines is 1. The fraction of sp³-hybridized carbons (Fsp3) is 0.310. The number of ether oxygens (including phenoxy) is 2. The van der Waals surface area contributed by atoms with Gasteiger partial charge in [0.1, 0.15) is 29.6 Å². The first-order valence-electron chi connectivity index (χ1n) is 12.5. The number of amides is 2. The monoisotopic (exact) mass is 515 g/mol. The molecule has 0 saturated heterocycles. The summed E-state index contributed by atoms with van der Waals surface area (Å²) in [5.41, 5.74) is 2.00. The number of para-hydroxylation sites is 2. The maximum atomic E-state index is 14.1. The van der Waals surface area contributed by atoms with Gasteiger partial charge in [0.2, 0.25) is 11.8 Å². The van der Waals surface area contributed by atoms with E-state index >= 15 is 0 Å². The zero-order valence-corrected chi connectivity index (χ0v) is 22.3. The van der Waals surface area contributed by atoms with E-state index in [1.807, 2.05) is 63.2 Å². The standard InChI is InChI=1S/C29H33N5O4/c1-6-29(2,3)30-28(36)27(22-17-16-21(37-4)18-25(22)38-5)34(20-12-8-7-9-13-20)26(35)19-33-24-15-11-10-14-23(24)31-32-33/h7-18,27H,6,19H2,1-5H3,(H,30,36)/t27-/m1/s1. The number of nitrogens with zero attached hydrogens (tertiary/aromatic N) is 4. The van der Waals surface area contributed by atoms with Crippen LogP contribution < -0.4 is 19.7 Å². The first-order valence-corrected chi connectivity index (χ1v) is 12.5. The highest BCUT2D eigenvalue weighted by molar-refractivity contribution is 6.02. The summed E-state index contributed by atoms with van der Waals surface area (Å²) in [5, 5.41) is 11.5. The predicted octanol–water partition coefficient (Wildman–Crippen LogP) is 4.53. The second kappa shape index (κ2) is 11.3. The molecule has 1 atom stereocenters. The second-order valence-electron chi connectivity index (χ2n) is 9.57. The van der Waals surface area contributed by atoms with E-state index in [4.69, 9.17) is 9.47 Å². The van der Waals surface area contributed by atoms with Gasteiger partial charge in [0.25, 0.3) is 0 Å². The van der Waals surface area contributed by atoms with E-state index in [1.165, 1.54) is 12.0 Å². The Morgan fingerprint density at radius 2 is 1.71 bits per heavy atom. The molecule has 1 N–H and O–H groups in total. The summed E-state index contributed by atoms with van der Waals surface area (Å²) in [5.74, 6) is 0.337. The zero-order valence-electron chi connectivity index (χ0n) is 22.3. The van der Waals surface area contributed by atoms with Crippen LogP contribution in [0, 0.1) is 0 Å². The summed E-state index contributed by atoms with van der Waals surface area (Å²) in [7, 11) is 3.09. The largest absolute Gasteiger partial charge is 0.497 e. The van der Waals surface area contributed by atoms with Crippen LogP contribution in [0.3, 0.4) is 0 Å². The van der Waals surface area contributed by atoms with E-state index in [-0.39, 0.29) is 18.4 Å². The lowest BCUT2D eigenvalue weighted by molar-refractivity contribution is -0.128. The van der Waals surface area contributed by atoms with Crippen molar-refractivity contribution in [1.29, 1.82) is 0 Å². The molecule has 0 bridgehead atoms. The van der Waals surface area contributed by atoms with Crippen molar-refractivity contribution in [2.24, 2.45) is 0 Å². The minimum absolute atomic E-state index is 0.116. The van der Waals surface area contributed by atoms with Gasteiger partial charge in [-0.1, -0.05) is 42.5 Å². The van der Waals surface area contributed by atoms with Crippen molar-refractivity contribution < 1.29 is 19.1 Å². The molecule has 9 heteroatoms. The molecule has 0 fully saturated rings. The SMILES string of the molecule is CCC(C)(C)NC(=O)[C@@H](c1ccc(OC)cc1OC)N(C(=O)Cn1nnc2ccccc21)c1ccccc1. The lowest BCUT2D eigenvalue weighted by atomic mass is 9.97. The molecule has 3 aromatic carbocycles. The Labute approximate surface area is 222 Å². The molecule has 0 saturated carbocycles. The number of carbonyl (C=O) groups is 2. The molecule has 4 aromatic rings. The molecule has 2 amide bonds. The number of methoxy groups -OCH3 is 2. The van der Waals surface area contributed by atoms with E-state index < -0.39 is 11.6 Å². The molecule has 38 heavy (non-hydrogen) atoms. The van der Waals surface area contributed by atoms with Crippen LogP contribution in [0.25, 0.3) is 11.0 Å². The summed E-state index contributed by atoms with van der Waals surface area (Å²) in [6, 6.07) is 20.7. The topological polar surface area (TPSA) is 98.6 Å². The van der Waals surface area contributed by atoms with Crippen LogP contribution >= 0.6 is 0 Å². The van der Waals surface area contributed by atoms with Gasteiger partial charge in [-0.2, -0.15) is 0 Å². The Morgan fingerprint density at radius 3 is 2.39 bits per heavy atom. The quantitative estimate of drug-likeness (QED) is 0.333. The number of hydrogen-bond acceptors (Lipinski definition) is 6. The fourth-order valence-electron chi connectivity index (χ4n) is 4.20. The molecule has 0 spiro atoms. The third kappa shape index (κ3) is 5.61. The molecule has 0 aliphatic heterocycles. The Morgan fingerprint density at radius 1 is 1.00 bits per heavy atom. The molecular weight excluding hydrogens is 482 g/mol. The number of rotatable bonds is 10. The van der Waals surface area contributed by atoms with Gasteiger partial charge in [-0.15, -0.1) is 5.10 Å². The van der Waals surface area contributed by atoms with Gasteiger partial charge in [-0.05, 0) is 56.7 Å². The van der Waals surface area contributed by atoms with Crippen molar-refractivity contribution in [2.75, 3.05) is 19.1 Å². The summed E-state index contributed by atoms with van der Waals surface area (Å²) in [6.45, 7) is 5.78. The van der Waals surface area contributed by atoms with Gasteiger partial charge in [-0.25, -0.2) is 4.68 Å². The first-order chi connectivity index (χ1) is 18.3. The minimum atomic E-state index is -1.04. The summed E-state index contributed by atoms with van der Waals surface area (Å²) in [6.07, 6.45) is 0.704. The molecule has 9 nitrogen and oxygen atoms in total. The predicted molar refractivity (Wildman–Crippen MR) is 146 cm³/mol. The maximum absolute atomic E-state index is 14.1. The van der Waals surface area contributed by atoms with Crippen LogP contribution in [-0.4, -0.2) is 46.6 Å². The van der Waals surface area contributed by atoms with Gasteiger partial charge in [0.15, 0.2) is 0 Å². The number of fused-ring (bicyclic) bond motifs is 1. The van der Waals surface area contributed by atoms with Crippen molar-refractivity contribution in [2.45, 2.75) is 45.3 Å². The minimum Gasteiger partial charge on any atom is -0.497 e. The Bertz CT molecular complexity index is 1420. The van der Waals surface area contributed by atoms with Crippen LogP contribution in [-0.2, 0) is 16.1 Å². The van der Waals surface area contributed by atoms with E-state index in [9.17, 15) is 9.59 Å². The molecule has 0 radical (unpaired) electrons. The average molecular weight is 516 g/mol. The summed E-state index contributed by atoms with van der Waals surface area (Å²) in [4.78, 5) is 29.7.